The molecule has 0 saturated heterocycles. The van der Waals surface area contributed by atoms with Crippen LogP contribution in [0.1, 0.15) is 22.5 Å². The van der Waals surface area contributed by atoms with E-state index in [0.29, 0.717) is 22.2 Å². The van der Waals surface area contributed by atoms with Gasteiger partial charge < -0.3 is 5.11 Å². The van der Waals surface area contributed by atoms with Crippen molar-refractivity contribution < 1.29 is 14.7 Å². The van der Waals surface area contributed by atoms with Crippen molar-refractivity contribution in [3.63, 3.8) is 0 Å². The summed E-state index contributed by atoms with van der Waals surface area (Å²) in [5.41, 5.74) is 5.77. The Hall–Kier alpha value is -3.03. The molecule has 0 aliphatic rings. The largest absolute Gasteiger partial charge is 0.504 e. The maximum atomic E-state index is 12.2. The fraction of sp³-hybridized carbons (Fsp3) is 0.105. The first-order valence-electron chi connectivity index (χ1n) is 8.31. The number of amides is 2. The van der Waals surface area contributed by atoms with Crippen LogP contribution in [0.2, 0.25) is 10.0 Å². The van der Waals surface area contributed by atoms with Crippen molar-refractivity contribution in [2.45, 2.75) is 12.8 Å². The van der Waals surface area contributed by atoms with E-state index in [1.165, 1.54) is 10.9 Å². The Morgan fingerprint density at radius 1 is 1.07 bits per heavy atom. The summed E-state index contributed by atoms with van der Waals surface area (Å²) in [6.45, 7) is 0. The van der Waals surface area contributed by atoms with Crippen molar-refractivity contribution in [2.75, 3.05) is 0 Å². The van der Waals surface area contributed by atoms with Crippen LogP contribution >= 0.6 is 23.2 Å². The fourth-order valence-electron chi connectivity index (χ4n) is 2.46. The van der Waals surface area contributed by atoms with Gasteiger partial charge in [-0.3, -0.25) is 20.4 Å². The van der Waals surface area contributed by atoms with Crippen molar-refractivity contribution in [1.29, 1.82) is 0 Å². The zero-order valence-electron chi connectivity index (χ0n) is 14.5. The number of halogens is 2. The molecule has 0 unspecified atom stereocenters. The Bertz CT molecular complexity index is 1010. The molecule has 0 aliphatic heterocycles. The second kappa shape index (κ2) is 8.77. The smallest absolute Gasteiger partial charge is 0.294 e. The van der Waals surface area contributed by atoms with Gasteiger partial charge in [0.15, 0.2) is 11.4 Å². The normalized spacial score (nSPS) is 10.5. The van der Waals surface area contributed by atoms with Crippen LogP contribution in [0.25, 0.3) is 5.69 Å². The number of aromatic nitrogens is 2. The Morgan fingerprint density at radius 2 is 1.82 bits per heavy atom. The van der Waals surface area contributed by atoms with Crippen LogP contribution in [-0.4, -0.2) is 26.7 Å². The SMILES string of the molecule is O=C(CCc1ccc(Cl)cc1Cl)NNC(=O)c1nn(-c2ccccc2)cc1O. The van der Waals surface area contributed by atoms with E-state index in [2.05, 4.69) is 16.0 Å². The molecular weight excluding hydrogens is 403 g/mol. The summed E-state index contributed by atoms with van der Waals surface area (Å²) in [7, 11) is 0. The molecule has 7 nitrogen and oxygen atoms in total. The molecule has 0 aliphatic carbocycles. The number of aromatic hydroxyl groups is 1. The van der Waals surface area contributed by atoms with Gasteiger partial charge in [0.1, 0.15) is 0 Å². The highest BCUT2D eigenvalue weighted by Gasteiger charge is 2.17. The van der Waals surface area contributed by atoms with E-state index in [-0.39, 0.29) is 17.9 Å². The summed E-state index contributed by atoms with van der Waals surface area (Å²) >= 11 is 11.9. The van der Waals surface area contributed by atoms with Gasteiger partial charge in [0.05, 0.1) is 11.9 Å². The summed E-state index contributed by atoms with van der Waals surface area (Å²) in [4.78, 5) is 24.1. The zero-order chi connectivity index (χ0) is 20.1. The third-order valence-corrected chi connectivity index (χ3v) is 4.47. The van der Waals surface area contributed by atoms with E-state index in [1.807, 2.05) is 6.07 Å². The number of nitrogens with zero attached hydrogens (tertiary/aromatic N) is 2. The lowest BCUT2D eigenvalue weighted by molar-refractivity contribution is -0.121. The van der Waals surface area contributed by atoms with Crippen LogP contribution in [0.4, 0.5) is 0 Å². The number of carbonyl (C=O) groups is 2. The van der Waals surface area contributed by atoms with Gasteiger partial charge in [-0.05, 0) is 36.2 Å². The van der Waals surface area contributed by atoms with Crippen LogP contribution in [0.3, 0.4) is 0 Å². The third-order valence-electron chi connectivity index (χ3n) is 3.88. The van der Waals surface area contributed by atoms with Crippen LogP contribution < -0.4 is 10.9 Å². The first-order valence-corrected chi connectivity index (χ1v) is 9.07. The molecule has 0 spiro atoms. The van der Waals surface area contributed by atoms with E-state index in [1.54, 1.807) is 42.5 Å². The lowest BCUT2D eigenvalue weighted by atomic mass is 10.1. The van der Waals surface area contributed by atoms with E-state index in [9.17, 15) is 14.7 Å². The molecule has 3 N–H and O–H groups in total. The maximum absolute atomic E-state index is 12.2. The van der Waals surface area contributed by atoms with E-state index in [0.717, 1.165) is 5.56 Å². The number of rotatable bonds is 5. The van der Waals surface area contributed by atoms with Crippen LogP contribution in [0.5, 0.6) is 5.75 Å². The topological polar surface area (TPSA) is 96.3 Å². The lowest BCUT2D eigenvalue weighted by Crippen LogP contribution is -2.42. The minimum absolute atomic E-state index is 0.103. The van der Waals surface area contributed by atoms with Gasteiger partial charge in [-0.25, -0.2) is 4.68 Å². The lowest BCUT2D eigenvalue weighted by Gasteiger charge is -2.07. The maximum Gasteiger partial charge on any atom is 0.294 e. The fourth-order valence-corrected chi connectivity index (χ4v) is 2.96. The monoisotopic (exact) mass is 418 g/mol. The molecule has 144 valence electrons. The summed E-state index contributed by atoms with van der Waals surface area (Å²) in [5, 5.41) is 15.0. The Balaban J connectivity index is 1.55. The Morgan fingerprint density at radius 3 is 2.54 bits per heavy atom. The number of hydrogen-bond acceptors (Lipinski definition) is 4. The van der Waals surface area contributed by atoms with Gasteiger partial charge in [0, 0.05) is 16.5 Å². The highest BCUT2D eigenvalue weighted by Crippen LogP contribution is 2.22. The average molecular weight is 419 g/mol. The summed E-state index contributed by atoms with van der Waals surface area (Å²) in [6, 6.07) is 14.0. The van der Waals surface area contributed by atoms with Crippen molar-refractivity contribution in [2.24, 2.45) is 0 Å². The number of aryl methyl sites for hydroxylation is 1. The standard InChI is InChI=1S/C19H16Cl2N4O3/c20-13-8-6-12(15(21)10-13)7-9-17(27)22-23-19(28)18-16(26)11-25(24-18)14-4-2-1-3-5-14/h1-6,8,10-11,26H,7,9H2,(H,22,27)(H,23,28). The van der Waals surface area contributed by atoms with Gasteiger partial charge in [-0.1, -0.05) is 47.5 Å². The summed E-state index contributed by atoms with van der Waals surface area (Å²) in [5.74, 6) is -1.45. The zero-order valence-corrected chi connectivity index (χ0v) is 16.0. The molecule has 9 heteroatoms. The van der Waals surface area contributed by atoms with E-state index in [4.69, 9.17) is 23.2 Å². The minimum Gasteiger partial charge on any atom is -0.504 e. The predicted octanol–water partition coefficient (Wildman–Crippen LogP) is 3.28. The molecular formula is C19H16Cl2N4O3. The van der Waals surface area contributed by atoms with Crippen molar-refractivity contribution in [3.8, 4) is 11.4 Å². The second-order valence-corrected chi connectivity index (χ2v) is 6.72. The van der Waals surface area contributed by atoms with Crippen LogP contribution in [-0.2, 0) is 11.2 Å². The molecule has 28 heavy (non-hydrogen) atoms. The van der Waals surface area contributed by atoms with Gasteiger partial charge in [-0.15, -0.1) is 0 Å². The number of carbonyl (C=O) groups excluding carboxylic acids is 2. The highest BCUT2D eigenvalue weighted by molar-refractivity contribution is 6.35. The molecule has 0 saturated carbocycles. The average Bonchev–Trinajstić information content (AvgIpc) is 3.08. The predicted molar refractivity (Wildman–Crippen MR) is 106 cm³/mol. The van der Waals surface area contributed by atoms with Gasteiger partial charge >= 0.3 is 0 Å². The molecule has 1 aromatic heterocycles. The van der Waals surface area contributed by atoms with E-state index < -0.39 is 11.8 Å². The van der Waals surface area contributed by atoms with Crippen LogP contribution in [0.15, 0.2) is 54.7 Å². The molecule has 0 radical (unpaired) electrons. The van der Waals surface area contributed by atoms with Crippen molar-refractivity contribution in [3.05, 3.63) is 76.0 Å². The number of hydrazine groups is 1. The molecule has 3 rings (SSSR count). The first-order chi connectivity index (χ1) is 13.4. The number of para-hydroxylation sites is 1. The number of nitrogens with one attached hydrogen (secondary N) is 2. The first kappa shape index (κ1) is 19.7. The molecule has 2 aromatic carbocycles. The summed E-state index contributed by atoms with van der Waals surface area (Å²) in [6.07, 6.45) is 1.80. The number of benzene rings is 2. The van der Waals surface area contributed by atoms with Gasteiger partial charge in [-0.2, -0.15) is 5.10 Å². The van der Waals surface area contributed by atoms with Gasteiger partial charge in [0.25, 0.3) is 5.91 Å². The minimum atomic E-state index is -0.731. The molecule has 0 atom stereocenters. The summed E-state index contributed by atoms with van der Waals surface area (Å²) < 4.78 is 1.37. The van der Waals surface area contributed by atoms with Crippen LogP contribution in [0, 0.1) is 0 Å². The van der Waals surface area contributed by atoms with E-state index >= 15 is 0 Å². The highest BCUT2D eigenvalue weighted by atomic mass is 35.5. The molecule has 1 heterocycles. The molecule has 0 bridgehead atoms. The van der Waals surface area contributed by atoms with Crippen molar-refractivity contribution >= 4 is 35.0 Å². The second-order valence-electron chi connectivity index (χ2n) is 5.88. The van der Waals surface area contributed by atoms with Gasteiger partial charge in [0.2, 0.25) is 5.91 Å². The van der Waals surface area contributed by atoms with Crippen molar-refractivity contribution in [1.82, 2.24) is 20.6 Å². The third kappa shape index (κ3) is 4.82. The number of hydrogen-bond donors (Lipinski definition) is 3. The quantitative estimate of drug-likeness (QED) is 0.553. The molecule has 3 aromatic rings. The Labute approximate surface area is 170 Å². The molecule has 2 amide bonds. The molecule has 0 fully saturated rings. The Kier molecular flexibility index (Phi) is 6.18.